The average molecular weight is 373 g/mol. The van der Waals surface area contributed by atoms with E-state index in [1.54, 1.807) is 12.1 Å². The fourth-order valence-electron chi connectivity index (χ4n) is 2.03. The summed E-state index contributed by atoms with van der Waals surface area (Å²) in [5, 5.41) is 3.40. The number of hydrogen-bond acceptors (Lipinski definition) is 3. The molecule has 3 nitrogen and oxygen atoms in total. The summed E-state index contributed by atoms with van der Waals surface area (Å²) >= 11 is 0. The zero-order valence-corrected chi connectivity index (χ0v) is 15.4. The Kier molecular flexibility index (Phi) is 11.4. The molecule has 134 valence electrons. The predicted molar refractivity (Wildman–Crippen MR) is 87.4 cm³/mol. The van der Waals surface area contributed by atoms with Gasteiger partial charge >= 0.3 is 0 Å². The van der Waals surface area contributed by atoms with Crippen LogP contribution in [0.1, 0.15) is 11.1 Å². The van der Waals surface area contributed by atoms with Gasteiger partial charge in [-0.05, 0) is 49.5 Å². The lowest BCUT2D eigenvalue weighted by molar-refractivity contribution is -0.00100. The maximum atomic E-state index is 12.8. The van der Waals surface area contributed by atoms with Crippen LogP contribution < -0.4 is 34.9 Å². The molecule has 6 heteroatoms. The molecule has 0 aliphatic heterocycles. The molecule has 0 atom stereocenters. The topological polar surface area (TPSA) is 24.5 Å². The molecule has 0 aliphatic rings. The third kappa shape index (κ3) is 8.50. The van der Waals surface area contributed by atoms with Crippen LogP contribution in [0.3, 0.4) is 0 Å². The Morgan fingerprint density at radius 2 is 1.71 bits per heavy atom. The quantitative estimate of drug-likeness (QED) is 0.502. The monoisotopic (exact) mass is 372 g/mol. The van der Waals surface area contributed by atoms with Crippen LogP contribution >= 0.6 is 0 Å². The van der Waals surface area contributed by atoms with Gasteiger partial charge in [0.15, 0.2) is 0 Å². The van der Waals surface area contributed by atoms with Gasteiger partial charge in [-0.15, -0.1) is 0 Å². The van der Waals surface area contributed by atoms with E-state index in [2.05, 4.69) is 30.4 Å². The van der Waals surface area contributed by atoms with Crippen LogP contribution in [0.2, 0.25) is 0 Å². The van der Waals surface area contributed by atoms with Crippen LogP contribution in [-0.4, -0.2) is 32.1 Å². The molecular formula is C18H23Cl2FN2O-2. The summed E-state index contributed by atoms with van der Waals surface area (Å²) in [7, 11) is 4.12. The summed E-state index contributed by atoms with van der Waals surface area (Å²) in [5.41, 5.74) is 2.14. The summed E-state index contributed by atoms with van der Waals surface area (Å²) in [6.45, 7) is 3.23. The van der Waals surface area contributed by atoms with Crippen LogP contribution in [0, 0.1) is 5.82 Å². The second kappa shape index (κ2) is 12.1. The number of benzene rings is 2. The third-order valence-corrected chi connectivity index (χ3v) is 3.28. The van der Waals surface area contributed by atoms with E-state index in [0.717, 1.165) is 30.9 Å². The van der Waals surface area contributed by atoms with E-state index < -0.39 is 0 Å². The van der Waals surface area contributed by atoms with Crippen LogP contribution in [-0.2, 0) is 13.2 Å². The van der Waals surface area contributed by atoms with Crippen LogP contribution in [0.5, 0.6) is 5.75 Å². The Morgan fingerprint density at radius 3 is 2.38 bits per heavy atom. The number of ether oxygens (including phenoxy) is 1. The van der Waals surface area contributed by atoms with Gasteiger partial charge in [-0.25, -0.2) is 4.39 Å². The molecule has 0 aliphatic carbocycles. The van der Waals surface area contributed by atoms with Crippen LogP contribution in [0.4, 0.5) is 4.39 Å². The molecule has 0 bridgehead atoms. The van der Waals surface area contributed by atoms with E-state index in [-0.39, 0.29) is 30.6 Å². The van der Waals surface area contributed by atoms with E-state index in [0.29, 0.717) is 6.61 Å². The van der Waals surface area contributed by atoms with Crippen molar-refractivity contribution in [3.63, 3.8) is 0 Å². The number of rotatable bonds is 8. The highest BCUT2D eigenvalue weighted by molar-refractivity contribution is 5.29. The Bertz CT molecular complexity index is 579. The summed E-state index contributed by atoms with van der Waals surface area (Å²) < 4.78 is 18.6. The molecule has 0 heterocycles. The van der Waals surface area contributed by atoms with Crippen molar-refractivity contribution in [2.75, 3.05) is 27.2 Å². The summed E-state index contributed by atoms with van der Waals surface area (Å²) in [6.07, 6.45) is 0. The predicted octanol–water partition coefficient (Wildman–Crippen LogP) is -2.94. The highest BCUT2D eigenvalue weighted by atomic mass is 35.5. The fourth-order valence-corrected chi connectivity index (χ4v) is 2.03. The molecule has 2 aromatic rings. The Labute approximate surface area is 156 Å². The first-order chi connectivity index (χ1) is 10.6. The highest BCUT2D eigenvalue weighted by Crippen LogP contribution is 2.15. The van der Waals surface area contributed by atoms with Crippen molar-refractivity contribution in [3.05, 3.63) is 65.5 Å². The largest absolute Gasteiger partial charge is 1.00 e. The minimum atomic E-state index is -0.227. The Hall–Kier alpha value is -1.33. The molecule has 2 aromatic carbocycles. The van der Waals surface area contributed by atoms with Crippen LogP contribution in [0.15, 0.2) is 48.5 Å². The molecule has 0 saturated carbocycles. The number of nitrogens with one attached hydrogen (secondary N) is 1. The third-order valence-electron chi connectivity index (χ3n) is 3.28. The lowest BCUT2D eigenvalue weighted by atomic mass is 10.2. The smallest absolute Gasteiger partial charge is 0.123 e. The molecule has 24 heavy (non-hydrogen) atoms. The van der Waals surface area contributed by atoms with Crippen molar-refractivity contribution in [3.8, 4) is 5.75 Å². The van der Waals surface area contributed by atoms with Crippen molar-refractivity contribution < 1.29 is 33.9 Å². The maximum Gasteiger partial charge on any atom is 0.123 e. The van der Waals surface area contributed by atoms with E-state index in [1.165, 1.54) is 17.7 Å². The average Bonchev–Trinajstić information content (AvgIpc) is 2.51. The van der Waals surface area contributed by atoms with Crippen molar-refractivity contribution >= 4 is 0 Å². The SMILES string of the molecule is CN(C)CCNCc1cccc(OCc2ccc(F)cc2)c1.[Cl-].[Cl-]. The zero-order chi connectivity index (χ0) is 15.8. The molecule has 0 amide bonds. The second-order valence-electron chi connectivity index (χ2n) is 5.54. The van der Waals surface area contributed by atoms with Crippen LogP contribution in [0.25, 0.3) is 0 Å². The van der Waals surface area contributed by atoms with Gasteiger partial charge < -0.3 is 39.8 Å². The van der Waals surface area contributed by atoms with Gasteiger partial charge in [0.25, 0.3) is 0 Å². The highest BCUT2D eigenvalue weighted by Gasteiger charge is 1.99. The molecule has 2 rings (SSSR count). The first-order valence-electron chi connectivity index (χ1n) is 7.45. The van der Waals surface area contributed by atoms with Gasteiger partial charge in [0.05, 0.1) is 0 Å². The number of halogens is 3. The van der Waals surface area contributed by atoms with E-state index >= 15 is 0 Å². The normalized spacial score (nSPS) is 10.0. The summed E-state index contributed by atoms with van der Waals surface area (Å²) in [4.78, 5) is 2.15. The van der Waals surface area contributed by atoms with Crippen molar-refractivity contribution in [2.45, 2.75) is 13.2 Å². The van der Waals surface area contributed by atoms with E-state index in [9.17, 15) is 4.39 Å². The van der Waals surface area contributed by atoms with Crippen molar-refractivity contribution in [2.24, 2.45) is 0 Å². The zero-order valence-electron chi connectivity index (χ0n) is 13.9. The fraction of sp³-hybridized carbons (Fsp3) is 0.333. The molecule has 0 unspecified atom stereocenters. The minimum absolute atomic E-state index is 0. The molecular weight excluding hydrogens is 350 g/mol. The second-order valence-corrected chi connectivity index (χ2v) is 5.54. The summed E-state index contributed by atoms with van der Waals surface area (Å²) in [6, 6.07) is 14.4. The number of likely N-dealkylation sites (N-methyl/N-ethyl adjacent to an activating group) is 1. The summed E-state index contributed by atoms with van der Waals surface area (Å²) in [5.74, 6) is 0.603. The Balaban J connectivity index is 0.00000264. The molecule has 0 fully saturated rings. The van der Waals surface area contributed by atoms with E-state index in [1.807, 2.05) is 18.2 Å². The maximum absolute atomic E-state index is 12.8. The van der Waals surface area contributed by atoms with Gasteiger partial charge in [0.1, 0.15) is 18.2 Å². The molecule has 0 aromatic heterocycles. The first-order valence-corrected chi connectivity index (χ1v) is 7.45. The standard InChI is InChI=1S/C18H23FN2O.2ClH/c1-21(2)11-10-20-13-16-4-3-5-18(12-16)22-14-15-6-8-17(19)9-7-15;;/h3-9,12,20H,10-11,13-14H2,1-2H3;2*1H/p-2. The van der Waals surface area contributed by atoms with Gasteiger partial charge in [-0.3, -0.25) is 0 Å². The van der Waals surface area contributed by atoms with Gasteiger partial charge in [-0.1, -0.05) is 24.3 Å². The van der Waals surface area contributed by atoms with Crippen molar-refractivity contribution in [1.82, 2.24) is 10.2 Å². The van der Waals surface area contributed by atoms with Gasteiger partial charge in [-0.2, -0.15) is 0 Å². The molecule has 0 saturated heterocycles. The van der Waals surface area contributed by atoms with Gasteiger partial charge in [0.2, 0.25) is 0 Å². The Morgan fingerprint density at radius 1 is 1.00 bits per heavy atom. The van der Waals surface area contributed by atoms with Gasteiger partial charge in [0, 0.05) is 19.6 Å². The van der Waals surface area contributed by atoms with Crippen molar-refractivity contribution in [1.29, 1.82) is 0 Å². The number of hydrogen-bond donors (Lipinski definition) is 1. The van der Waals surface area contributed by atoms with E-state index in [4.69, 9.17) is 4.74 Å². The first kappa shape index (κ1) is 22.7. The number of nitrogens with zero attached hydrogens (tertiary/aromatic N) is 1. The molecule has 0 radical (unpaired) electrons. The lowest BCUT2D eigenvalue weighted by Crippen LogP contribution is -3.00. The molecule has 0 spiro atoms. The minimum Gasteiger partial charge on any atom is -1.00 e. The molecule has 1 N–H and O–H groups in total. The lowest BCUT2D eigenvalue weighted by Gasteiger charge is -2.11.